The molecule has 8 heteroatoms. The standard InChI is InChI=1S/C25H36N4O2S2/c1-20-23(11-17-33-20)28-25(32)27-12-6-10-24(30)26-13-7-16-31-22-9-5-8-21(18-22)19-29-14-3-2-4-15-29/h5,8-9,11,17-18H,2-4,6-7,10,12-16,19H2,1H3,(H,26,30)(H2,27,28,32). The highest BCUT2D eigenvalue weighted by molar-refractivity contribution is 7.80. The van der Waals surface area contributed by atoms with Gasteiger partial charge in [-0.3, -0.25) is 9.69 Å². The third kappa shape index (κ3) is 9.70. The quantitative estimate of drug-likeness (QED) is 0.297. The number of aryl methyl sites for hydroxylation is 1. The summed E-state index contributed by atoms with van der Waals surface area (Å²) in [6.45, 7) is 7.32. The smallest absolute Gasteiger partial charge is 0.220 e. The zero-order valence-electron chi connectivity index (χ0n) is 19.5. The van der Waals surface area contributed by atoms with Crippen LogP contribution in [0.15, 0.2) is 35.7 Å². The molecule has 2 heterocycles. The molecule has 0 aliphatic carbocycles. The van der Waals surface area contributed by atoms with Crippen molar-refractivity contribution in [2.24, 2.45) is 0 Å². The number of nitrogens with one attached hydrogen (secondary N) is 3. The van der Waals surface area contributed by atoms with Crippen LogP contribution in [0.1, 0.15) is 49.0 Å². The summed E-state index contributed by atoms with van der Waals surface area (Å²) in [5, 5.41) is 11.9. The van der Waals surface area contributed by atoms with E-state index in [1.165, 1.54) is 42.8 Å². The molecule has 1 fully saturated rings. The molecule has 6 nitrogen and oxygen atoms in total. The van der Waals surface area contributed by atoms with Crippen molar-refractivity contribution < 1.29 is 9.53 Å². The van der Waals surface area contributed by atoms with E-state index in [-0.39, 0.29) is 5.91 Å². The summed E-state index contributed by atoms with van der Waals surface area (Å²) in [5.74, 6) is 0.969. The fourth-order valence-corrected chi connectivity index (χ4v) is 4.69. The summed E-state index contributed by atoms with van der Waals surface area (Å²) in [7, 11) is 0. The molecule has 3 rings (SSSR count). The molecular formula is C25H36N4O2S2. The lowest BCUT2D eigenvalue weighted by Gasteiger charge is -2.26. The van der Waals surface area contributed by atoms with Gasteiger partial charge in [-0.05, 0) is 87.1 Å². The lowest BCUT2D eigenvalue weighted by Crippen LogP contribution is -2.31. The molecule has 0 atom stereocenters. The number of anilines is 1. The molecule has 0 radical (unpaired) electrons. The molecule has 1 aliphatic heterocycles. The first-order valence-corrected chi connectivity index (χ1v) is 13.2. The number of rotatable bonds is 12. The number of thiophene rings is 1. The number of carbonyl (C=O) groups is 1. The van der Waals surface area contributed by atoms with Crippen LogP contribution < -0.4 is 20.7 Å². The van der Waals surface area contributed by atoms with Crippen molar-refractivity contribution in [2.75, 3.05) is 38.1 Å². The van der Waals surface area contributed by atoms with Crippen LogP contribution in [-0.2, 0) is 11.3 Å². The molecule has 1 amide bonds. The van der Waals surface area contributed by atoms with Gasteiger partial charge in [-0.15, -0.1) is 11.3 Å². The molecule has 1 aromatic heterocycles. The number of amides is 1. The van der Waals surface area contributed by atoms with E-state index in [1.807, 2.05) is 17.5 Å². The Morgan fingerprint density at radius 1 is 1.12 bits per heavy atom. The van der Waals surface area contributed by atoms with Crippen LogP contribution in [0.3, 0.4) is 0 Å². The average molecular weight is 489 g/mol. The first-order valence-electron chi connectivity index (χ1n) is 11.9. The second-order valence-corrected chi connectivity index (χ2v) is 9.94. The van der Waals surface area contributed by atoms with E-state index in [0.29, 0.717) is 31.2 Å². The Hall–Kier alpha value is -2.16. The number of nitrogens with zero attached hydrogens (tertiary/aromatic N) is 1. The number of carbonyl (C=O) groups excluding carboxylic acids is 1. The van der Waals surface area contributed by atoms with Crippen LogP contribution in [0.2, 0.25) is 0 Å². The van der Waals surface area contributed by atoms with E-state index >= 15 is 0 Å². The molecule has 0 unspecified atom stereocenters. The van der Waals surface area contributed by atoms with E-state index < -0.39 is 0 Å². The summed E-state index contributed by atoms with van der Waals surface area (Å²) < 4.78 is 5.89. The van der Waals surface area contributed by atoms with Crippen molar-refractivity contribution in [1.82, 2.24) is 15.5 Å². The lowest BCUT2D eigenvalue weighted by molar-refractivity contribution is -0.121. The van der Waals surface area contributed by atoms with Crippen molar-refractivity contribution in [3.63, 3.8) is 0 Å². The van der Waals surface area contributed by atoms with Crippen molar-refractivity contribution in [3.8, 4) is 5.75 Å². The molecule has 33 heavy (non-hydrogen) atoms. The summed E-state index contributed by atoms with van der Waals surface area (Å²) >= 11 is 6.98. The minimum absolute atomic E-state index is 0.0629. The van der Waals surface area contributed by atoms with Crippen LogP contribution in [-0.4, -0.2) is 48.7 Å². The van der Waals surface area contributed by atoms with Crippen LogP contribution in [0.4, 0.5) is 5.69 Å². The molecule has 2 aromatic rings. The second-order valence-electron chi connectivity index (χ2n) is 8.41. The van der Waals surface area contributed by atoms with Crippen LogP contribution in [0, 0.1) is 6.92 Å². The number of piperidine rings is 1. The van der Waals surface area contributed by atoms with Crippen LogP contribution >= 0.6 is 23.6 Å². The third-order valence-electron chi connectivity index (χ3n) is 5.64. The predicted molar refractivity (Wildman–Crippen MR) is 141 cm³/mol. The van der Waals surface area contributed by atoms with Crippen molar-refractivity contribution in [3.05, 3.63) is 46.2 Å². The van der Waals surface area contributed by atoms with Crippen molar-refractivity contribution in [1.29, 1.82) is 0 Å². The third-order valence-corrected chi connectivity index (χ3v) is 6.73. The number of hydrogen-bond acceptors (Lipinski definition) is 5. The van der Waals surface area contributed by atoms with Gasteiger partial charge < -0.3 is 20.7 Å². The molecule has 3 N–H and O–H groups in total. The molecule has 0 bridgehead atoms. The van der Waals surface area contributed by atoms with E-state index in [1.54, 1.807) is 11.3 Å². The maximum Gasteiger partial charge on any atom is 0.220 e. The Labute approximate surface area is 207 Å². The number of likely N-dealkylation sites (tertiary alicyclic amines) is 1. The van der Waals surface area contributed by atoms with Gasteiger partial charge in [0.05, 0.1) is 12.3 Å². The van der Waals surface area contributed by atoms with Gasteiger partial charge in [-0.25, -0.2) is 0 Å². The van der Waals surface area contributed by atoms with Gasteiger partial charge in [-0.1, -0.05) is 18.6 Å². The molecule has 180 valence electrons. The van der Waals surface area contributed by atoms with E-state index in [0.717, 1.165) is 30.8 Å². The lowest BCUT2D eigenvalue weighted by atomic mass is 10.1. The number of thiocarbonyl (C=S) groups is 1. The Balaban J connectivity index is 1.21. The van der Waals surface area contributed by atoms with E-state index in [9.17, 15) is 4.79 Å². The van der Waals surface area contributed by atoms with Gasteiger partial charge in [0, 0.05) is 30.9 Å². The number of hydrogen-bond donors (Lipinski definition) is 3. The fraction of sp³-hybridized carbons (Fsp3) is 0.520. The molecular weight excluding hydrogens is 452 g/mol. The summed E-state index contributed by atoms with van der Waals surface area (Å²) in [6, 6.07) is 10.4. The Bertz CT molecular complexity index is 881. The van der Waals surface area contributed by atoms with Gasteiger partial charge in [0.15, 0.2) is 5.11 Å². The van der Waals surface area contributed by atoms with Gasteiger partial charge >= 0.3 is 0 Å². The molecule has 0 saturated carbocycles. The molecule has 1 aromatic carbocycles. The molecule has 0 spiro atoms. The van der Waals surface area contributed by atoms with E-state index in [2.05, 4.69) is 46.0 Å². The monoisotopic (exact) mass is 488 g/mol. The Morgan fingerprint density at radius 2 is 1.94 bits per heavy atom. The van der Waals surface area contributed by atoms with E-state index in [4.69, 9.17) is 17.0 Å². The van der Waals surface area contributed by atoms with Gasteiger partial charge in [-0.2, -0.15) is 0 Å². The minimum Gasteiger partial charge on any atom is -0.494 e. The molecule has 1 saturated heterocycles. The maximum atomic E-state index is 12.0. The van der Waals surface area contributed by atoms with Crippen LogP contribution in [0.5, 0.6) is 5.75 Å². The Kier molecular flexibility index (Phi) is 10.9. The normalized spacial score (nSPS) is 14.0. The Morgan fingerprint density at radius 3 is 2.73 bits per heavy atom. The summed E-state index contributed by atoms with van der Waals surface area (Å²) in [4.78, 5) is 15.7. The second kappa shape index (κ2) is 14.2. The van der Waals surface area contributed by atoms with Crippen LogP contribution in [0.25, 0.3) is 0 Å². The fourth-order valence-electron chi connectivity index (χ4n) is 3.82. The average Bonchev–Trinajstić information content (AvgIpc) is 3.21. The van der Waals surface area contributed by atoms with Gasteiger partial charge in [0.1, 0.15) is 5.75 Å². The number of ether oxygens (including phenoxy) is 1. The zero-order chi connectivity index (χ0) is 23.3. The maximum absolute atomic E-state index is 12.0. The summed E-state index contributed by atoms with van der Waals surface area (Å²) in [6.07, 6.45) is 5.96. The van der Waals surface area contributed by atoms with Gasteiger partial charge in [0.25, 0.3) is 0 Å². The van der Waals surface area contributed by atoms with Gasteiger partial charge in [0.2, 0.25) is 5.91 Å². The highest BCUT2D eigenvalue weighted by Gasteiger charge is 2.10. The highest BCUT2D eigenvalue weighted by atomic mass is 32.1. The number of benzene rings is 1. The largest absolute Gasteiger partial charge is 0.494 e. The SMILES string of the molecule is Cc1sccc1NC(=S)NCCCC(=O)NCCCOc1cccc(CN2CCCCC2)c1. The molecule has 1 aliphatic rings. The predicted octanol–water partition coefficient (Wildman–Crippen LogP) is 4.69. The highest BCUT2D eigenvalue weighted by Crippen LogP contribution is 2.20. The first kappa shape index (κ1) is 25.5. The zero-order valence-corrected chi connectivity index (χ0v) is 21.2. The first-order chi connectivity index (χ1) is 16.1. The minimum atomic E-state index is 0.0629. The topological polar surface area (TPSA) is 65.6 Å². The summed E-state index contributed by atoms with van der Waals surface area (Å²) in [5.41, 5.74) is 2.34. The van der Waals surface area contributed by atoms with Crippen molar-refractivity contribution in [2.45, 2.75) is 52.0 Å². The van der Waals surface area contributed by atoms with Crippen molar-refractivity contribution >= 4 is 40.3 Å².